The molecule has 0 aromatic heterocycles. The highest BCUT2D eigenvalue weighted by Crippen LogP contribution is 2.21. The largest absolute Gasteiger partial charge is 0.376 e. The van der Waals surface area contributed by atoms with Gasteiger partial charge in [-0.2, -0.15) is 0 Å². The van der Waals surface area contributed by atoms with E-state index in [4.69, 9.17) is 0 Å². The molecule has 0 aliphatic heterocycles. The van der Waals surface area contributed by atoms with Gasteiger partial charge in [-0.15, -0.1) is 0 Å². The van der Waals surface area contributed by atoms with Crippen molar-refractivity contribution in [2.45, 2.75) is 118 Å². The molecule has 0 unspecified atom stereocenters. The van der Waals surface area contributed by atoms with Gasteiger partial charge in [0.1, 0.15) is 0 Å². The van der Waals surface area contributed by atoms with Crippen LogP contribution in [0.5, 0.6) is 0 Å². The van der Waals surface area contributed by atoms with Crippen LogP contribution in [0, 0.1) is 20.8 Å². The van der Waals surface area contributed by atoms with Crippen molar-refractivity contribution in [3.05, 3.63) is 28.8 Å². The lowest BCUT2D eigenvalue weighted by molar-refractivity contribution is -0.119. The summed E-state index contributed by atoms with van der Waals surface area (Å²) in [7, 11) is 0. The summed E-state index contributed by atoms with van der Waals surface area (Å²) in [5.74, 6) is 0.0871. The third-order valence-corrected chi connectivity index (χ3v) is 5.96. The predicted octanol–water partition coefficient (Wildman–Crippen LogP) is 7.62. The minimum absolute atomic E-state index is 0.0871. The average Bonchev–Trinajstić information content (AvgIpc) is 2.70. The zero-order valence-corrected chi connectivity index (χ0v) is 20.4. The molecule has 1 rings (SSSR count). The van der Waals surface area contributed by atoms with Gasteiger partial charge in [0.2, 0.25) is 5.91 Å². The molecule has 3 nitrogen and oxygen atoms in total. The highest BCUT2D eigenvalue weighted by Gasteiger charge is 2.06. The molecule has 0 saturated carbocycles. The van der Waals surface area contributed by atoms with Crippen LogP contribution in [0.3, 0.4) is 0 Å². The average molecular weight is 417 g/mol. The summed E-state index contributed by atoms with van der Waals surface area (Å²) >= 11 is 0. The standard InChI is InChI=1S/C27H48N2O/c1-5-6-7-8-9-10-11-12-13-14-15-16-17-18-19-28-26(30)22-29-27-24(3)20-23(2)21-25(27)4/h20-21,29H,5-19,22H2,1-4H3,(H,28,30). The molecule has 0 spiro atoms. The Hall–Kier alpha value is -1.51. The van der Waals surface area contributed by atoms with Crippen LogP contribution in [0.1, 0.15) is 114 Å². The molecule has 0 saturated heterocycles. The van der Waals surface area contributed by atoms with Crippen LogP contribution in [0.2, 0.25) is 0 Å². The van der Waals surface area contributed by atoms with E-state index < -0.39 is 0 Å². The number of unbranched alkanes of at least 4 members (excludes halogenated alkanes) is 13. The van der Waals surface area contributed by atoms with Gasteiger partial charge in [-0.1, -0.05) is 108 Å². The molecule has 30 heavy (non-hydrogen) atoms. The molecule has 1 aromatic carbocycles. The maximum absolute atomic E-state index is 12.1. The van der Waals surface area contributed by atoms with Gasteiger partial charge in [0.15, 0.2) is 0 Å². The molecule has 0 radical (unpaired) electrons. The topological polar surface area (TPSA) is 41.1 Å². The summed E-state index contributed by atoms with van der Waals surface area (Å²) in [5, 5.41) is 6.34. The Labute approximate surface area is 186 Å². The van der Waals surface area contributed by atoms with Crippen LogP contribution in [0.4, 0.5) is 5.69 Å². The van der Waals surface area contributed by atoms with Crippen LogP contribution in [-0.4, -0.2) is 19.0 Å². The van der Waals surface area contributed by atoms with Gasteiger partial charge in [0.05, 0.1) is 6.54 Å². The quantitative estimate of drug-likeness (QED) is 0.242. The highest BCUT2D eigenvalue weighted by atomic mass is 16.1. The van der Waals surface area contributed by atoms with Crippen molar-refractivity contribution >= 4 is 11.6 Å². The molecular weight excluding hydrogens is 368 g/mol. The monoisotopic (exact) mass is 416 g/mol. The van der Waals surface area contributed by atoms with Crippen molar-refractivity contribution in [1.82, 2.24) is 5.32 Å². The Morgan fingerprint density at radius 2 is 1.13 bits per heavy atom. The van der Waals surface area contributed by atoms with E-state index in [2.05, 4.69) is 50.5 Å². The van der Waals surface area contributed by atoms with E-state index in [-0.39, 0.29) is 5.91 Å². The molecule has 3 heteroatoms. The summed E-state index contributed by atoms with van der Waals surface area (Å²) in [6.45, 7) is 9.72. The molecule has 0 fully saturated rings. The normalized spacial score (nSPS) is 10.9. The Morgan fingerprint density at radius 1 is 0.700 bits per heavy atom. The van der Waals surface area contributed by atoms with E-state index in [0.29, 0.717) is 6.54 Å². The van der Waals surface area contributed by atoms with E-state index >= 15 is 0 Å². The first kappa shape index (κ1) is 26.5. The van der Waals surface area contributed by atoms with Crippen molar-refractivity contribution in [3.63, 3.8) is 0 Å². The van der Waals surface area contributed by atoms with E-state index in [9.17, 15) is 4.79 Å². The molecule has 0 heterocycles. The van der Waals surface area contributed by atoms with E-state index in [0.717, 1.165) is 18.7 Å². The molecule has 1 aromatic rings. The van der Waals surface area contributed by atoms with Gasteiger partial charge in [0, 0.05) is 12.2 Å². The van der Waals surface area contributed by atoms with Crippen LogP contribution in [-0.2, 0) is 4.79 Å². The van der Waals surface area contributed by atoms with Gasteiger partial charge >= 0.3 is 0 Å². The molecule has 0 atom stereocenters. The van der Waals surface area contributed by atoms with Crippen LogP contribution in [0.15, 0.2) is 12.1 Å². The van der Waals surface area contributed by atoms with Crippen molar-refractivity contribution in [2.24, 2.45) is 0 Å². The second-order valence-electron chi connectivity index (χ2n) is 9.07. The number of anilines is 1. The van der Waals surface area contributed by atoms with Crippen molar-refractivity contribution in [2.75, 3.05) is 18.4 Å². The fourth-order valence-electron chi connectivity index (χ4n) is 4.24. The lowest BCUT2D eigenvalue weighted by atomic mass is 10.0. The third kappa shape index (κ3) is 12.9. The fourth-order valence-corrected chi connectivity index (χ4v) is 4.24. The number of amides is 1. The molecule has 2 N–H and O–H groups in total. The van der Waals surface area contributed by atoms with Crippen LogP contribution in [0.25, 0.3) is 0 Å². The van der Waals surface area contributed by atoms with Crippen LogP contribution >= 0.6 is 0 Å². The van der Waals surface area contributed by atoms with Crippen molar-refractivity contribution < 1.29 is 4.79 Å². The smallest absolute Gasteiger partial charge is 0.239 e. The molecular formula is C27H48N2O. The van der Waals surface area contributed by atoms with E-state index in [1.807, 2.05) is 0 Å². The summed E-state index contributed by atoms with van der Waals surface area (Å²) < 4.78 is 0. The van der Waals surface area contributed by atoms with Gasteiger partial charge in [-0.3, -0.25) is 4.79 Å². The Morgan fingerprint density at radius 3 is 1.60 bits per heavy atom. The second kappa shape index (κ2) is 17.2. The summed E-state index contributed by atoms with van der Waals surface area (Å²) in [6, 6.07) is 4.31. The first-order chi connectivity index (χ1) is 14.5. The number of carbonyl (C=O) groups excluding carboxylic acids is 1. The van der Waals surface area contributed by atoms with Gasteiger partial charge < -0.3 is 10.6 Å². The summed E-state index contributed by atoms with van der Waals surface area (Å²) in [5.41, 5.74) is 4.75. The first-order valence-electron chi connectivity index (χ1n) is 12.6. The first-order valence-corrected chi connectivity index (χ1v) is 12.6. The number of aryl methyl sites for hydroxylation is 3. The Balaban J connectivity index is 1.91. The number of hydrogen-bond donors (Lipinski definition) is 2. The zero-order chi connectivity index (χ0) is 22.0. The molecule has 0 aliphatic rings. The number of nitrogens with one attached hydrogen (secondary N) is 2. The van der Waals surface area contributed by atoms with Gasteiger partial charge in [-0.05, 0) is 38.3 Å². The predicted molar refractivity (Wildman–Crippen MR) is 132 cm³/mol. The summed E-state index contributed by atoms with van der Waals surface area (Å²) in [4.78, 5) is 12.1. The van der Waals surface area contributed by atoms with Gasteiger partial charge in [-0.25, -0.2) is 0 Å². The molecule has 1 amide bonds. The molecule has 172 valence electrons. The number of benzene rings is 1. The lowest BCUT2D eigenvalue weighted by Crippen LogP contribution is -2.30. The number of rotatable bonds is 18. The summed E-state index contributed by atoms with van der Waals surface area (Å²) in [6.07, 6.45) is 19.1. The molecule has 0 aliphatic carbocycles. The SMILES string of the molecule is CCCCCCCCCCCCCCCCNC(=O)CNc1c(C)cc(C)cc1C. The Bertz CT molecular complexity index is 559. The molecule has 0 bridgehead atoms. The van der Waals surface area contributed by atoms with Gasteiger partial charge in [0.25, 0.3) is 0 Å². The maximum atomic E-state index is 12.1. The van der Waals surface area contributed by atoms with Crippen LogP contribution < -0.4 is 10.6 Å². The number of carbonyl (C=O) groups is 1. The Kier molecular flexibility index (Phi) is 15.2. The van der Waals surface area contributed by atoms with Crippen molar-refractivity contribution in [1.29, 1.82) is 0 Å². The lowest BCUT2D eigenvalue weighted by Gasteiger charge is -2.14. The van der Waals surface area contributed by atoms with E-state index in [1.165, 1.54) is 100 Å². The number of hydrogen-bond acceptors (Lipinski definition) is 2. The minimum atomic E-state index is 0.0871. The maximum Gasteiger partial charge on any atom is 0.239 e. The van der Waals surface area contributed by atoms with Crippen molar-refractivity contribution in [3.8, 4) is 0 Å². The third-order valence-electron chi connectivity index (χ3n) is 5.96. The fraction of sp³-hybridized carbons (Fsp3) is 0.741. The second-order valence-corrected chi connectivity index (χ2v) is 9.07. The zero-order valence-electron chi connectivity index (χ0n) is 20.4. The minimum Gasteiger partial charge on any atom is -0.376 e. The highest BCUT2D eigenvalue weighted by molar-refractivity contribution is 5.81. The van der Waals surface area contributed by atoms with E-state index in [1.54, 1.807) is 0 Å².